The Morgan fingerprint density at radius 3 is 2.59 bits per heavy atom. The molecule has 0 heterocycles. The van der Waals surface area contributed by atoms with Crippen molar-refractivity contribution >= 4 is 5.96 Å². The lowest BCUT2D eigenvalue weighted by Gasteiger charge is -2.14. The highest BCUT2D eigenvalue weighted by molar-refractivity contribution is 5.79. The molecule has 0 aliphatic carbocycles. The number of nitrogens with zero attached hydrogens (tertiary/aromatic N) is 1. The topological polar surface area (TPSA) is 64.1 Å². The Hall–Kier alpha value is -2.00. The molecule has 0 saturated carbocycles. The molecular formula is C18H28F3N3O3. The van der Waals surface area contributed by atoms with Crippen molar-refractivity contribution in [3.8, 4) is 5.75 Å². The molecule has 0 radical (unpaired) electrons. The number of hydrogen-bond acceptors (Lipinski definition) is 4. The summed E-state index contributed by atoms with van der Waals surface area (Å²) in [6.45, 7) is 3.86. The summed E-state index contributed by atoms with van der Waals surface area (Å²) in [5, 5.41) is 6.26. The fourth-order valence-corrected chi connectivity index (χ4v) is 2.07. The summed E-state index contributed by atoms with van der Waals surface area (Å²) < 4.78 is 52.3. The first-order chi connectivity index (χ1) is 13.0. The van der Waals surface area contributed by atoms with Gasteiger partial charge in [-0.25, -0.2) is 4.99 Å². The van der Waals surface area contributed by atoms with Gasteiger partial charge in [-0.3, -0.25) is 0 Å². The van der Waals surface area contributed by atoms with Crippen molar-refractivity contribution in [2.75, 3.05) is 46.6 Å². The van der Waals surface area contributed by atoms with E-state index in [1.54, 1.807) is 25.3 Å². The molecule has 0 bridgehead atoms. The summed E-state index contributed by atoms with van der Waals surface area (Å²) >= 11 is 0. The highest BCUT2D eigenvalue weighted by atomic mass is 19.4. The molecule has 0 aliphatic rings. The quantitative estimate of drug-likeness (QED) is 0.326. The van der Waals surface area contributed by atoms with E-state index in [4.69, 9.17) is 14.2 Å². The minimum Gasteiger partial charge on any atom is -0.484 e. The number of halogens is 3. The standard InChI is InChI=1S/C18H28F3N3O3/c1-3-22-17(23-9-6-10-26-12-11-25-2)24-13-15-7-4-5-8-16(15)27-14-18(19,20)21/h4-5,7-8H,3,6,9-14H2,1-2H3,(H2,22,23,24). The highest BCUT2D eigenvalue weighted by Crippen LogP contribution is 2.22. The van der Waals surface area contributed by atoms with Gasteiger partial charge >= 0.3 is 6.18 Å². The predicted octanol–water partition coefficient (Wildman–Crippen LogP) is 2.74. The minimum atomic E-state index is -4.38. The zero-order chi connectivity index (χ0) is 20.0. The van der Waals surface area contributed by atoms with Gasteiger partial charge in [0.1, 0.15) is 5.75 Å². The molecule has 0 amide bonds. The van der Waals surface area contributed by atoms with E-state index in [0.29, 0.717) is 44.4 Å². The van der Waals surface area contributed by atoms with Crippen LogP contribution in [-0.4, -0.2) is 58.8 Å². The lowest BCUT2D eigenvalue weighted by Crippen LogP contribution is -2.38. The molecule has 1 aromatic carbocycles. The fourth-order valence-electron chi connectivity index (χ4n) is 2.07. The third-order valence-corrected chi connectivity index (χ3v) is 3.31. The molecule has 0 unspecified atom stereocenters. The van der Waals surface area contributed by atoms with Crippen LogP contribution in [0.2, 0.25) is 0 Å². The molecular weight excluding hydrogens is 363 g/mol. The van der Waals surface area contributed by atoms with Crippen molar-refractivity contribution in [1.82, 2.24) is 10.6 Å². The zero-order valence-corrected chi connectivity index (χ0v) is 15.8. The Bertz CT molecular complexity index is 554. The van der Waals surface area contributed by atoms with E-state index < -0.39 is 12.8 Å². The van der Waals surface area contributed by atoms with Gasteiger partial charge in [-0.1, -0.05) is 18.2 Å². The van der Waals surface area contributed by atoms with E-state index in [9.17, 15) is 13.2 Å². The number of ether oxygens (including phenoxy) is 3. The van der Waals surface area contributed by atoms with E-state index in [1.165, 1.54) is 6.07 Å². The third kappa shape index (κ3) is 11.3. The van der Waals surface area contributed by atoms with Crippen molar-refractivity contribution in [3.63, 3.8) is 0 Å². The third-order valence-electron chi connectivity index (χ3n) is 3.31. The van der Waals surface area contributed by atoms with Gasteiger partial charge < -0.3 is 24.8 Å². The first-order valence-electron chi connectivity index (χ1n) is 8.82. The number of guanidine groups is 1. The lowest BCUT2D eigenvalue weighted by atomic mass is 10.2. The first-order valence-corrected chi connectivity index (χ1v) is 8.82. The van der Waals surface area contributed by atoms with Crippen molar-refractivity contribution in [2.45, 2.75) is 26.1 Å². The molecule has 0 aromatic heterocycles. The predicted molar refractivity (Wildman–Crippen MR) is 98.1 cm³/mol. The van der Waals surface area contributed by atoms with Crippen LogP contribution >= 0.6 is 0 Å². The summed E-state index contributed by atoms with van der Waals surface area (Å²) in [4.78, 5) is 4.41. The summed E-state index contributed by atoms with van der Waals surface area (Å²) in [6, 6.07) is 6.58. The molecule has 1 rings (SSSR count). The van der Waals surface area contributed by atoms with E-state index >= 15 is 0 Å². The van der Waals surface area contributed by atoms with Crippen LogP contribution in [0.1, 0.15) is 18.9 Å². The van der Waals surface area contributed by atoms with Gasteiger partial charge in [-0.05, 0) is 19.4 Å². The smallest absolute Gasteiger partial charge is 0.422 e. The second-order valence-corrected chi connectivity index (χ2v) is 5.59. The Morgan fingerprint density at radius 1 is 1.11 bits per heavy atom. The van der Waals surface area contributed by atoms with Gasteiger partial charge in [-0.15, -0.1) is 0 Å². The summed E-state index contributed by atoms with van der Waals surface area (Å²) in [7, 11) is 1.62. The van der Waals surface area contributed by atoms with Crippen LogP contribution in [0.25, 0.3) is 0 Å². The minimum absolute atomic E-state index is 0.181. The van der Waals surface area contributed by atoms with Crippen LogP contribution in [0.15, 0.2) is 29.3 Å². The van der Waals surface area contributed by atoms with E-state index in [2.05, 4.69) is 15.6 Å². The number of benzene rings is 1. The van der Waals surface area contributed by atoms with Crippen LogP contribution in [-0.2, 0) is 16.0 Å². The SMILES string of the molecule is CCNC(=NCc1ccccc1OCC(F)(F)F)NCCCOCCOC. The molecule has 0 atom stereocenters. The number of rotatable bonds is 12. The van der Waals surface area contributed by atoms with Crippen molar-refractivity contribution < 1.29 is 27.4 Å². The second kappa shape index (κ2) is 13.2. The van der Waals surface area contributed by atoms with Gasteiger partial charge in [-0.2, -0.15) is 13.2 Å². The number of alkyl halides is 3. The van der Waals surface area contributed by atoms with Crippen molar-refractivity contribution in [1.29, 1.82) is 0 Å². The monoisotopic (exact) mass is 391 g/mol. The maximum absolute atomic E-state index is 12.4. The Balaban J connectivity index is 2.52. The molecule has 0 saturated heterocycles. The van der Waals surface area contributed by atoms with Crippen LogP contribution in [0.4, 0.5) is 13.2 Å². The lowest BCUT2D eigenvalue weighted by molar-refractivity contribution is -0.153. The van der Waals surface area contributed by atoms with E-state index in [0.717, 1.165) is 6.42 Å². The van der Waals surface area contributed by atoms with Crippen molar-refractivity contribution in [3.05, 3.63) is 29.8 Å². The second-order valence-electron chi connectivity index (χ2n) is 5.59. The number of methoxy groups -OCH3 is 1. The average molecular weight is 391 g/mol. The molecule has 2 N–H and O–H groups in total. The Kier molecular flexibility index (Phi) is 11.3. The number of aliphatic imine (C=N–C) groups is 1. The van der Waals surface area contributed by atoms with Crippen molar-refractivity contribution in [2.24, 2.45) is 4.99 Å². The van der Waals surface area contributed by atoms with Gasteiger partial charge in [0, 0.05) is 32.4 Å². The largest absolute Gasteiger partial charge is 0.484 e. The molecule has 0 fully saturated rings. The molecule has 154 valence electrons. The molecule has 0 aliphatic heterocycles. The van der Waals surface area contributed by atoms with Crippen LogP contribution < -0.4 is 15.4 Å². The average Bonchev–Trinajstić information content (AvgIpc) is 2.63. The van der Waals surface area contributed by atoms with E-state index in [1.807, 2.05) is 6.92 Å². The van der Waals surface area contributed by atoms with Crippen LogP contribution in [0.3, 0.4) is 0 Å². The Labute approximate surface area is 158 Å². The molecule has 27 heavy (non-hydrogen) atoms. The maximum atomic E-state index is 12.4. The molecule has 1 aromatic rings. The normalized spacial score (nSPS) is 12.1. The maximum Gasteiger partial charge on any atom is 0.422 e. The zero-order valence-electron chi connectivity index (χ0n) is 15.8. The highest BCUT2D eigenvalue weighted by Gasteiger charge is 2.28. The van der Waals surface area contributed by atoms with E-state index in [-0.39, 0.29) is 12.3 Å². The van der Waals surface area contributed by atoms with Gasteiger partial charge in [0.25, 0.3) is 0 Å². The number of hydrogen-bond donors (Lipinski definition) is 2. The molecule has 9 heteroatoms. The van der Waals surface area contributed by atoms with Gasteiger partial charge in [0.2, 0.25) is 0 Å². The van der Waals surface area contributed by atoms with Crippen LogP contribution in [0, 0.1) is 0 Å². The summed E-state index contributed by atoms with van der Waals surface area (Å²) in [5.74, 6) is 0.765. The number of para-hydroxylation sites is 1. The fraction of sp³-hybridized carbons (Fsp3) is 0.611. The van der Waals surface area contributed by atoms with Crippen LogP contribution in [0.5, 0.6) is 5.75 Å². The molecule has 0 spiro atoms. The summed E-state index contributed by atoms with van der Waals surface area (Å²) in [6.07, 6.45) is -3.59. The first kappa shape index (κ1) is 23.0. The number of nitrogens with one attached hydrogen (secondary N) is 2. The van der Waals surface area contributed by atoms with Gasteiger partial charge in [0.05, 0.1) is 19.8 Å². The molecule has 6 nitrogen and oxygen atoms in total. The summed E-state index contributed by atoms with van der Waals surface area (Å²) in [5.41, 5.74) is 0.585. The Morgan fingerprint density at radius 2 is 1.89 bits per heavy atom. The van der Waals surface area contributed by atoms with Gasteiger partial charge in [0.15, 0.2) is 12.6 Å².